The van der Waals surface area contributed by atoms with E-state index in [2.05, 4.69) is 5.32 Å². The first-order chi connectivity index (χ1) is 12.1. The quantitative estimate of drug-likeness (QED) is 0.779. The Morgan fingerprint density at radius 2 is 1.85 bits per heavy atom. The van der Waals surface area contributed by atoms with Gasteiger partial charge in [-0.25, -0.2) is 8.42 Å². The van der Waals surface area contributed by atoms with Crippen LogP contribution in [-0.2, 0) is 10.0 Å². The van der Waals surface area contributed by atoms with Crippen LogP contribution in [0.2, 0.25) is 0 Å². The number of amides is 1. The number of nitrogens with two attached hydrogens (primary N) is 1. The SMILES string of the molecule is COc1ccc(C(=O)NCC(C)(C)N)cc1S(=O)(=O)N1CCCCCC1. The van der Waals surface area contributed by atoms with E-state index < -0.39 is 15.6 Å². The van der Waals surface area contributed by atoms with Crippen LogP contribution < -0.4 is 15.8 Å². The van der Waals surface area contributed by atoms with E-state index in [1.807, 2.05) is 0 Å². The number of nitrogens with zero attached hydrogens (tertiary/aromatic N) is 1. The summed E-state index contributed by atoms with van der Waals surface area (Å²) in [6, 6.07) is 4.46. The second-order valence-electron chi connectivity index (χ2n) is 7.36. The lowest BCUT2D eigenvalue weighted by Gasteiger charge is -2.22. The highest BCUT2D eigenvalue weighted by atomic mass is 32.2. The normalized spacial score (nSPS) is 16.8. The molecule has 0 unspecified atom stereocenters. The number of carbonyl (C=O) groups excluding carboxylic acids is 1. The molecule has 8 heteroatoms. The molecule has 0 aliphatic carbocycles. The lowest BCUT2D eigenvalue weighted by molar-refractivity contribution is 0.0946. The molecule has 1 aromatic carbocycles. The third-order valence-electron chi connectivity index (χ3n) is 4.31. The van der Waals surface area contributed by atoms with Gasteiger partial charge in [0.25, 0.3) is 5.91 Å². The van der Waals surface area contributed by atoms with Crippen LogP contribution in [0.1, 0.15) is 49.9 Å². The van der Waals surface area contributed by atoms with Crippen molar-refractivity contribution in [2.24, 2.45) is 5.73 Å². The van der Waals surface area contributed by atoms with Gasteiger partial charge in [-0.3, -0.25) is 4.79 Å². The van der Waals surface area contributed by atoms with E-state index in [-0.39, 0.29) is 28.7 Å². The molecule has 7 nitrogen and oxygen atoms in total. The van der Waals surface area contributed by atoms with Gasteiger partial charge in [0.15, 0.2) is 0 Å². The molecular formula is C18H29N3O4S. The highest BCUT2D eigenvalue weighted by Gasteiger charge is 2.29. The summed E-state index contributed by atoms with van der Waals surface area (Å²) in [6.07, 6.45) is 3.74. The molecule has 3 N–H and O–H groups in total. The Balaban J connectivity index is 2.32. The predicted molar refractivity (Wildman–Crippen MR) is 101 cm³/mol. The van der Waals surface area contributed by atoms with Crippen LogP contribution in [0, 0.1) is 0 Å². The van der Waals surface area contributed by atoms with Crippen molar-refractivity contribution in [2.75, 3.05) is 26.7 Å². The van der Waals surface area contributed by atoms with Crippen molar-refractivity contribution in [3.63, 3.8) is 0 Å². The maximum atomic E-state index is 13.1. The number of hydrogen-bond acceptors (Lipinski definition) is 5. The molecule has 1 aromatic rings. The maximum Gasteiger partial charge on any atom is 0.251 e. The molecule has 1 fully saturated rings. The van der Waals surface area contributed by atoms with Gasteiger partial charge in [0.05, 0.1) is 7.11 Å². The molecule has 0 saturated carbocycles. The Kier molecular flexibility index (Phi) is 6.65. The average molecular weight is 384 g/mol. The van der Waals surface area contributed by atoms with Crippen molar-refractivity contribution in [1.29, 1.82) is 0 Å². The highest BCUT2D eigenvalue weighted by Crippen LogP contribution is 2.29. The van der Waals surface area contributed by atoms with Crippen molar-refractivity contribution in [3.05, 3.63) is 23.8 Å². The standard InChI is InChI=1S/C18H29N3O4S/c1-18(2,19)13-20-17(22)14-8-9-15(25-3)16(12-14)26(23,24)21-10-6-4-5-7-11-21/h8-9,12H,4-7,10-11,13,19H2,1-3H3,(H,20,22). The summed E-state index contributed by atoms with van der Waals surface area (Å²) in [5.74, 6) is -0.122. The second-order valence-corrected chi connectivity index (χ2v) is 9.26. The summed E-state index contributed by atoms with van der Waals surface area (Å²) in [7, 11) is -2.30. The Morgan fingerprint density at radius 3 is 2.38 bits per heavy atom. The van der Waals surface area contributed by atoms with Crippen molar-refractivity contribution in [3.8, 4) is 5.75 Å². The number of ether oxygens (including phenoxy) is 1. The summed E-state index contributed by atoms with van der Waals surface area (Å²) < 4.78 is 32.9. The Labute approximate surface area is 155 Å². The molecule has 26 heavy (non-hydrogen) atoms. The average Bonchev–Trinajstić information content (AvgIpc) is 2.88. The van der Waals surface area contributed by atoms with Crippen LogP contribution in [0.3, 0.4) is 0 Å². The molecule has 1 aliphatic heterocycles. The fourth-order valence-corrected chi connectivity index (χ4v) is 4.55. The second kappa shape index (κ2) is 8.37. The molecule has 0 aromatic heterocycles. The van der Waals surface area contributed by atoms with E-state index in [1.165, 1.54) is 23.5 Å². The Hall–Kier alpha value is -1.64. The highest BCUT2D eigenvalue weighted by molar-refractivity contribution is 7.89. The van der Waals surface area contributed by atoms with Crippen LogP contribution in [0.15, 0.2) is 23.1 Å². The molecule has 1 saturated heterocycles. The van der Waals surface area contributed by atoms with Gasteiger partial charge in [0, 0.05) is 30.7 Å². The summed E-state index contributed by atoms with van der Waals surface area (Å²) >= 11 is 0. The zero-order chi connectivity index (χ0) is 19.4. The molecule has 0 radical (unpaired) electrons. The zero-order valence-corrected chi connectivity index (χ0v) is 16.6. The summed E-state index contributed by atoms with van der Waals surface area (Å²) in [5, 5.41) is 2.73. The number of sulfonamides is 1. The fourth-order valence-electron chi connectivity index (χ4n) is 2.85. The van der Waals surface area contributed by atoms with Gasteiger partial charge in [0.1, 0.15) is 10.6 Å². The third-order valence-corrected chi connectivity index (χ3v) is 6.23. The molecule has 0 bridgehead atoms. The fraction of sp³-hybridized carbons (Fsp3) is 0.611. The van der Waals surface area contributed by atoms with E-state index >= 15 is 0 Å². The van der Waals surface area contributed by atoms with Gasteiger partial charge in [-0.2, -0.15) is 4.31 Å². The van der Waals surface area contributed by atoms with Crippen molar-refractivity contribution < 1.29 is 17.9 Å². The number of rotatable bonds is 6. The number of methoxy groups -OCH3 is 1. The summed E-state index contributed by atoms with van der Waals surface area (Å²) in [4.78, 5) is 12.4. The molecule has 0 atom stereocenters. The molecule has 146 valence electrons. The first-order valence-electron chi connectivity index (χ1n) is 8.90. The molecule has 0 spiro atoms. The number of carbonyl (C=O) groups is 1. The maximum absolute atomic E-state index is 13.1. The lowest BCUT2D eigenvalue weighted by Crippen LogP contribution is -2.45. The first kappa shape index (κ1) is 20.7. The van der Waals surface area contributed by atoms with Gasteiger partial charge in [0.2, 0.25) is 10.0 Å². The van der Waals surface area contributed by atoms with Gasteiger partial charge >= 0.3 is 0 Å². The van der Waals surface area contributed by atoms with E-state index in [0.29, 0.717) is 13.1 Å². The topological polar surface area (TPSA) is 102 Å². The first-order valence-corrected chi connectivity index (χ1v) is 10.3. The minimum absolute atomic E-state index is 0.0292. The van der Waals surface area contributed by atoms with Crippen LogP contribution in [0.25, 0.3) is 0 Å². The number of nitrogens with one attached hydrogen (secondary N) is 1. The Bertz CT molecular complexity index is 733. The van der Waals surface area contributed by atoms with E-state index in [9.17, 15) is 13.2 Å². The van der Waals surface area contributed by atoms with Crippen molar-refractivity contribution in [1.82, 2.24) is 9.62 Å². The summed E-state index contributed by atoms with van der Waals surface area (Å²) in [6.45, 7) is 4.87. The largest absolute Gasteiger partial charge is 0.495 e. The van der Waals surface area contributed by atoms with Crippen molar-refractivity contribution >= 4 is 15.9 Å². The number of hydrogen-bond donors (Lipinski definition) is 2. The number of benzene rings is 1. The Morgan fingerprint density at radius 1 is 1.23 bits per heavy atom. The molecule has 1 heterocycles. The molecular weight excluding hydrogens is 354 g/mol. The van der Waals surface area contributed by atoms with Crippen LogP contribution in [0.4, 0.5) is 0 Å². The van der Waals surface area contributed by atoms with Crippen molar-refractivity contribution in [2.45, 2.75) is 50.0 Å². The molecule has 2 rings (SSSR count). The minimum atomic E-state index is -3.72. The minimum Gasteiger partial charge on any atom is -0.495 e. The molecule has 1 aliphatic rings. The zero-order valence-electron chi connectivity index (χ0n) is 15.7. The van der Waals surface area contributed by atoms with Gasteiger partial charge in [-0.05, 0) is 44.9 Å². The van der Waals surface area contributed by atoms with E-state index in [0.717, 1.165) is 25.7 Å². The smallest absolute Gasteiger partial charge is 0.251 e. The monoisotopic (exact) mass is 383 g/mol. The van der Waals surface area contributed by atoms with E-state index in [1.54, 1.807) is 19.9 Å². The predicted octanol–water partition coefficient (Wildman–Crippen LogP) is 1.73. The van der Waals surface area contributed by atoms with Gasteiger partial charge in [-0.1, -0.05) is 12.8 Å². The van der Waals surface area contributed by atoms with Crippen LogP contribution in [0.5, 0.6) is 5.75 Å². The third kappa shape index (κ3) is 5.18. The van der Waals surface area contributed by atoms with E-state index in [4.69, 9.17) is 10.5 Å². The summed E-state index contributed by atoms with van der Waals surface area (Å²) in [5.41, 5.74) is 5.60. The lowest BCUT2D eigenvalue weighted by atomic mass is 10.1. The van der Waals surface area contributed by atoms with Crippen LogP contribution in [-0.4, -0.2) is 50.9 Å². The van der Waals surface area contributed by atoms with Gasteiger partial charge < -0.3 is 15.8 Å². The van der Waals surface area contributed by atoms with Gasteiger partial charge in [-0.15, -0.1) is 0 Å². The van der Waals surface area contributed by atoms with Crippen LogP contribution >= 0.6 is 0 Å². The molecule has 1 amide bonds.